The molecule has 0 N–H and O–H groups in total. The molecule has 0 bridgehead atoms. The number of sulfonamides is 1. The van der Waals surface area contributed by atoms with Crippen molar-refractivity contribution >= 4 is 33.0 Å². The zero-order valence-electron chi connectivity index (χ0n) is 12.1. The lowest BCUT2D eigenvalue weighted by atomic mass is 9.89. The Morgan fingerprint density at radius 3 is 2.55 bits per heavy atom. The van der Waals surface area contributed by atoms with Crippen LogP contribution < -0.4 is 0 Å². The predicted octanol–water partition coefficient (Wildman–Crippen LogP) is 4.00. The molecule has 0 amide bonds. The van der Waals surface area contributed by atoms with E-state index >= 15 is 0 Å². The summed E-state index contributed by atoms with van der Waals surface area (Å²) in [4.78, 5) is 0.941. The van der Waals surface area contributed by atoms with Gasteiger partial charge in [0.1, 0.15) is 4.21 Å². The van der Waals surface area contributed by atoms with Crippen LogP contribution in [-0.4, -0.2) is 26.3 Å². The van der Waals surface area contributed by atoms with Crippen LogP contribution in [0, 0.1) is 12.8 Å². The second-order valence-electron chi connectivity index (χ2n) is 5.59. The van der Waals surface area contributed by atoms with Crippen LogP contribution in [0.4, 0.5) is 0 Å². The van der Waals surface area contributed by atoms with E-state index in [4.69, 9.17) is 11.6 Å². The Kier molecular flexibility index (Phi) is 5.51. The van der Waals surface area contributed by atoms with Gasteiger partial charge in [0.15, 0.2) is 0 Å². The lowest BCUT2D eigenvalue weighted by Crippen LogP contribution is -2.32. The summed E-state index contributed by atoms with van der Waals surface area (Å²) in [6, 6.07) is 1.75. The zero-order chi connectivity index (χ0) is 14.8. The largest absolute Gasteiger partial charge is 0.252 e. The van der Waals surface area contributed by atoms with Crippen LogP contribution in [0.3, 0.4) is 0 Å². The van der Waals surface area contributed by atoms with Crippen LogP contribution in [0.15, 0.2) is 10.3 Å². The Bertz CT molecular complexity index is 548. The predicted molar refractivity (Wildman–Crippen MR) is 85.0 cm³/mol. The summed E-state index contributed by atoms with van der Waals surface area (Å²) in [6.45, 7) is 2.55. The number of hydrogen-bond donors (Lipinski definition) is 0. The van der Waals surface area contributed by atoms with Gasteiger partial charge in [0.25, 0.3) is 10.0 Å². The fraction of sp³-hybridized carbons (Fsp3) is 0.714. The summed E-state index contributed by atoms with van der Waals surface area (Å²) >= 11 is 7.13. The Balaban J connectivity index is 2.11. The molecule has 6 heteroatoms. The highest BCUT2D eigenvalue weighted by atomic mass is 35.5. The third-order valence-electron chi connectivity index (χ3n) is 4.02. The summed E-state index contributed by atoms with van der Waals surface area (Å²) < 4.78 is 27.1. The van der Waals surface area contributed by atoms with Gasteiger partial charge in [-0.15, -0.1) is 22.9 Å². The third-order valence-corrected chi connectivity index (χ3v) is 7.96. The van der Waals surface area contributed by atoms with Crippen molar-refractivity contribution in [2.75, 3.05) is 13.6 Å². The topological polar surface area (TPSA) is 37.4 Å². The Hall–Kier alpha value is -0.100. The van der Waals surface area contributed by atoms with Crippen molar-refractivity contribution < 1.29 is 8.42 Å². The third kappa shape index (κ3) is 3.56. The molecule has 0 unspecified atom stereocenters. The Morgan fingerprint density at radius 1 is 1.35 bits per heavy atom. The summed E-state index contributed by atoms with van der Waals surface area (Å²) in [5.41, 5.74) is 0.967. The van der Waals surface area contributed by atoms with E-state index in [1.165, 1.54) is 34.9 Å². The van der Waals surface area contributed by atoms with Crippen LogP contribution in [0.1, 0.15) is 42.5 Å². The number of halogens is 1. The van der Waals surface area contributed by atoms with Gasteiger partial charge in [-0.05, 0) is 37.3 Å². The summed E-state index contributed by atoms with van der Waals surface area (Å²) in [5.74, 6) is 0.885. The van der Waals surface area contributed by atoms with Gasteiger partial charge in [0.05, 0.1) is 5.88 Å². The first-order valence-electron chi connectivity index (χ1n) is 7.06. The summed E-state index contributed by atoms with van der Waals surface area (Å²) in [5, 5.41) is 0. The molecule has 1 fully saturated rings. The minimum absolute atomic E-state index is 0.373. The van der Waals surface area contributed by atoms with E-state index in [2.05, 4.69) is 0 Å². The van der Waals surface area contributed by atoms with Gasteiger partial charge in [-0.3, -0.25) is 0 Å². The minimum Gasteiger partial charge on any atom is -0.206 e. The molecule has 0 spiro atoms. The van der Waals surface area contributed by atoms with Gasteiger partial charge in [-0.1, -0.05) is 19.3 Å². The maximum atomic E-state index is 12.6. The van der Waals surface area contributed by atoms with Gasteiger partial charge >= 0.3 is 0 Å². The number of rotatable bonds is 5. The van der Waals surface area contributed by atoms with Crippen molar-refractivity contribution in [1.29, 1.82) is 0 Å². The average Bonchev–Trinajstić information content (AvgIpc) is 2.81. The van der Waals surface area contributed by atoms with E-state index < -0.39 is 10.0 Å². The molecule has 0 atom stereocenters. The van der Waals surface area contributed by atoms with Crippen molar-refractivity contribution in [3.05, 3.63) is 16.5 Å². The first-order valence-corrected chi connectivity index (χ1v) is 9.86. The van der Waals surface area contributed by atoms with E-state index in [1.54, 1.807) is 13.1 Å². The van der Waals surface area contributed by atoms with Gasteiger partial charge < -0.3 is 0 Å². The van der Waals surface area contributed by atoms with Crippen molar-refractivity contribution in [3.63, 3.8) is 0 Å². The average molecular weight is 336 g/mol. The lowest BCUT2D eigenvalue weighted by Gasteiger charge is -2.26. The molecule has 1 aromatic heterocycles. The Labute approximate surface area is 131 Å². The van der Waals surface area contributed by atoms with E-state index in [0.717, 1.165) is 23.3 Å². The first-order chi connectivity index (χ1) is 9.45. The summed E-state index contributed by atoms with van der Waals surface area (Å²) in [7, 11) is -1.66. The van der Waals surface area contributed by atoms with E-state index in [0.29, 0.717) is 22.6 Å². The molecule has 1 aromatic rings. The van der Waals surface area contributed by atoms with Crippen molar-refractivity contribution in [2.45, 2.75) is 49.1 Å². The smallest absolute Gasteiger partial charge is 0.206 e. The molecular weight excluding hydrogens is 314 g/mol. The van der Waals surface area contributed by atoms with Crippen molar-refractivity contribution in [2.24, 2.45) is 5.92 Å². The molecule has 1 aliphatic carbocycles. The molecule has 0 aromatic carbocycles. The first kappa shape index (κ1) is 16.3. The summed E-state index contributed by atoms with van der Waals surface area (Å²) in [6.07, 6.45) is 6.04. The normalized spacial score (nSPS) is 17.8. The fourth-order valence-electron chi connectivity index (χ4n) is 2.73. The van der Waals surface area contributed by atoms with Gasteiger partial charge in [0, 0.05) is 18.5 Å². The van der Waals surface area contributed by atoms with E-state index in [-0.39, 0.29) is 0 Å². The molecule has 1 aliphatic rings. The fourth-order valence-corrected chi connectivity index (χ4v) is 6.01. The molecule has 1 saturated carbocycles. The van der Waals surface area contributed by atoms with Crippen LogP contribution in [0.5, 0.6) is 0 Å². The van der Waals surface area contributed by atoms with Gasteiger partial charge in [-0.25, -0.2) is 8.42 Å². The number of hydrogen-bond acceptors (Lipinski definition) is 3. The minimum atomic E-state index is -3.36. The molecule has 1 heterocycles. The molecule has 20 heavy (non-hydrogen) atoms. The van der Waals surface area contributed by atoms with E-state index in [9.17, 15) is 8.42 Å². The molecule has 0 radical (unpaired) electrons. The van der Waals surface area contributed by atoms with Crippen molar-refractivity contribution in [3.8, 4) is 0 Å². The van der Waals surface area contributed by atoms with Gasteiger partial charge in [0.2, 0.25) is 0 Å². The standard InChI is InChI=1S/C14H22ClNO2S2/c1-11-8-14(19-13(11)9-15)20(17,18)16(2)10-12-6-4-3-5-7-12/h8,12H,3-7,9-10H2,1-2H3. The number of aryl methyl sites for hydroxylation is 1. The zero-order valence-corrected chi connectivity index (χ0v) is 14.5. The van der Waals surface area contributed by atoms with Crippen LogP contribution in [0.25, 0.3) is 0 Å². The molecule has 0 saturated heterocycles. The second kappa shape index (κ2) is 6.77. The van der Waals surface area contributed by atoms with Crippen LogP contribution in [0.2, 0.25) is 0 Å². The van der Waals surface area contributed by atoms with Crippen molar-refractivity contribution in [1.82, 2.24) is 4.31 Å². The lowest BCUT2D eigenvalue weighted by molar-refractivity contribution is 0.300. The highest BCUT2D eigenvalue weighted by Crippen LogP contribution is 2.31. The highest BCUT2D eigenvalue weighted by Gasteiger charge is 2.26. The van der Waals surface area contributed by atoms with E-state index in [1.807, 2.05) is 6.92 Å². The molecule has 0 aliphatic heterocycles. The number of nitrogens with zero attached hydrogens (tertiary/aromatic N) is 1. The monoisotopic (exact) mass is 335 g/mol. The molecule has 114 valence electrons. The number of thiophene rings is 1. The molecule has 3 nitrogen and oxygen atoms in total. The number of alkyl halides is 1. The quantitative estimate of drug-likeness (QED) is 0.763. The van der Waals surface area contributed by atoms with Gasteiger partial charge in [-0.2, -0.15) is 4.31 Å². The Morgan fingerprint density at radius 2 is 2.00 bits per heavy atom. The maximum absolute atomic E-state index is 12.6. The van der Waals surface area contributed by atoms with Crippen LogP contribution in [-0.2, 0) is 15.9 Å². The maximum Gasteiger partial charge on any atom is 0.252 e. The second-order valence-corrected chi connectivity index (χ2v) is 9.27. The van der Waals surface area contributed by atoms with Crippen LogP contribution >= 0.6 is 22.9 Å². The highest BCUT2D eigenvalue weighted by molar-refractivity contribution is 7.91. The SMILES string of the molecule is Cc1cc(S(=O)(=O)N(C)CC2CCCCC2)sc1CCl. The molecular formula is C14H22ClNO2S2. The molecule has 2 rings (SSSR count).